The van der Waals surface area contributed by atoms with E-state index in [9.17, 15) is 8.42 Å². The Balaban J connectivity index is 2.44. The molecule has 0 unspecified atom stereocenters. The molecule has 5 nitrogen and oxygen atoms in total. The summed E-state index contributed by atoms with van der Waals surface area (Å²) < 4.78 is 31.6. The van der Waals surface area contributed by atoms with Crippen LogP contribution in [0.2, 0.25) is 0 Å². The van der Waals surface area contributed by atoms with Crippen LogP contribution in [-0.2, 0) is 10.0 Å². The summed E-state index contributed by atoms with van der Waals surface area (Å²) in [5.74, 6) is 0.595. The number of aryl methyl sites for hydroxylation is 1. The fraction of sp³-hybridized carbons (Fsp3) is 0.200. The third-order valence-electron chi connectivity index (χ3n) is 3.33. The van der Waals surface area contributed by atoms with E-state index >= 15 is 0 Å². The zero-order valence-corrected chi connectivity index (χ0v) is 13.0. The van der Waals surface area contributed by atoms with Crippen LogP contribution >= 0.6 is 0 Å². The van der Waals surface area contributed by atoms with Crippen LogP contribution in [0.5, 0.6) is 5.75 Å². The van der Waals surface area contributed by atoms with Gasteiger partial charge in [0.05, 0.1) is 17.7 Å². The summed E-state index contributed by atoms with van der Waals surface area (Å²) in [6, 6.07) is 11.6. The van der Waals surface area contributed by atoms with Gasteiger partial charge in [-0.3, -0.25) is 4.31 Å². The molecule has 0 saturated carbocycles. The van der Waals surface area contributed by atoms with Crippen molar-refractivity contribution in [1.82, 2.24) is 0 Å². The van der Waals surface area contributed by atoms with Crippen molar-refractivity contribution in [3.05, 3.63) is 48.0 Å². The maximum absolute atomic E-state index is 12.6. The van der Waals surface area contributed by atoms with E-state index in [4.69, 9.17) is 10.5 Å². The monoisotopic (exact) mass is 306 g/mol. The first-order chi connectivity index (χ1) is 9.86. The predicted octanol–water partition coefficient (Wildman–Crippen LogP) is 2.41. The third kappa shape index (κ3) is 2.95. The van der Waals surface area contributed by atoms with Gasteiger partial charge in [-0.05, 0) is 36.8 Å². The quantitative estimate of drug-likeness (QED) is 0.880. The van der Waals surface area contributed by atoms with E-state index in [1.807, 2.05) is 6.92 Å². The van der Waals surface area contributed by atoms with Gasteiger partial charge in [0.25, 0.3) is 10.0 Å². The Labute approximate surface area is 125 Å². The standard InChI is InChI=1S/C15H18N2O3S/c1-11-7-8-14(10-15(11)16)21(18,19)17(2)12-5-4-6-13(9-12)20-3/h4-10H,16H2,1-3H3. The minimum absolute atomic E-state index is 0.163. The molecule has 21 heavy (non-hydrogen) atoms. The molecule has 0 aromatic heterocycles. The highest BCUT2D eigenvalue weighted by Gasteiger charge is 2.22. The number of nitrogens with two attached hydrogens (primary N) is 1. The largest absolute Gasteiger partial charge is 0.497 e. The first kappa shape index (κ1) is 15.2. The lowest BCUT2D eigenvalue weighted by atomic mass is 10.2. The molecule has 0 bridgehead atoms. The average Bonchev–Trinajstić information content (AvgIpc) is 2.49. The van der Waals surface area contributed by atoms with E-state index in [1.165, 1.54) is 24.5 Å². The Kier molecular flexibility index (Phi) is 4.09. The second-order valence-electron chi connectivity index (χ2n) is 4.69. The van der Waals surface area contributed by atoms with E-state index in [2.05, 4.69) is 0 Å². The Morgan fingerprint density at radius 2 is 1.86 bits per heavy atom. The second-order valence-corrected chi connectivity index (χ2v) is 6.66. The smallest absolute Gasteiger partial charge is 0.264 e. The molecule has 0 fully saturated rings. The van der Waals surface area contributed by atoms with Gasteiger partial charge in [0, 0.05) is 18.8 Å². The number of nitrogens with zero attached hydrogens (tertiary/aromatic N) is 1. The van der Waals surface area contributed by atoms with Crippen LogP contribution in [0.25, 0.3) is 0 Å². The molecule has 0 aliphatic carbocycles. The van der Waals surface area contributed by atoms with Crippen molar-refractivity contribution in [1.29, 1.82) is 0 Å². The molecule has 0 heterocycles. The van der Waals surface area contributed by atoms with E-state index < -0.39 is 10.0 Å². The molecule has 2 rings (SSSR count). The number of anilines is 2. The van der Waals surface area contributed by atoms with Crippen LogP contribution in [0.4, 0.5) is 11.4 Å². The number of benzene rings is 2. The van der Waals surface area contributed by atoms with Crippen LogP contribution in [0.15, 0.2) is 47.4 Å². The average molecular weight is 306 g/mol. The molecule has 0 atom stereocenters. The molecular weight excluding hydrogens is 288 g/mol. The fourth-order valence-electron chi connectivity index (χ4n) is 1.88. The predicted molar refractivity (Wildman–Crippen MR) is 84.2 cm³/mol. The Morgan fingerprint density at radius 3 is 2.48 bits per heavy atom. The molecule has 0 radical (unpaired) electrons. The highest BCUT2D eigenvalue weighted by Crippen LogP contribution is 2.26. The van der Waals surface area contributed by atoms with Gasteiger partial charge < -0.3 is 10.5 Å². The van der Waals surface area contributed by atoms with Crippen molar-refractivity contribution < 1.29 is 13.2 Å². The molecule has 2 aromatic carbocycles. The van der Waals surface area contributed by atoms with Gasteiger partial charge in [-0.15, -0.1) is 0 Å². The summed E-state index contributed by atoms with van der Waals surface area (Å²) in [6.45, 7) is 1.83. The third-order valence-corrected chi connectivity index (χ3v) is 5.11. The molecular formula is C15H18N2O3S. The van der Waals surface area contributed by atoms with Crippen molar-refractivity contribution in [2.24, 2.45) is 0 Å². The summed E-state index contributed by atoms with van der Waals surface area (Å²) in [5.41, 5.74) is 7.62. The number of hydrogen-bond donors (Lipinski definition) is 1. The molecule has 112 valence electrons. The lowest BCUT2D eigenvalue weighted by molar-refractivity contribution is 0.415. The van der Waals surface area contributed by atoms with E-state index in [1.54, 1.807) is 36.4 Å². The zero-order chi connectivity index (χ0) is 15.6. The lowest BCUT2D eigenvalue weighted by Crippen LogP contribution is -2.26. The molecule has 0 aliphatic rings. The van der Waals surface area contributed by atoms with Gasteiger partial charge in [-0.25, -0.2) is 8.42 Å². The minimum Gasteiger partial charge on any atom is -0.497 e. The first-order valence-electron chi connectivity index (χ1n) is 6.35. The van der Waals surface area contributed by atoms with Gasteiger partial charge in [-0.2, -0.15) is 0 Å². The van der Waals surface area contributed by atoms with Gasteiger partial charge in [0.2, 0.25) is 0 Å². The number of ether oxygens (including phenoxy) is 1. The van der Waals surface area contributed by atoms with Crippen molar-refractivity contribution in [2.75, 3.05) is 24.2 Å². The number of rotatable bonds is 4. The summed E-state index contributed by atoms with van der Waals surface area (Å²) >= 11 is 0. The summed E-state index contributed by atoms with van der Waals surface area (Å²) in [5, 5.41) is 0. The van der Waals surface area contributed by atoms with Crippen LogP contribution in [0.1, 0.15) is 5.56 Å². The number of methoxy groups -OCH3 is 1. The maximum atomic E-state index is 12.6. The number of nitrogen functional groups attached to an aromatic ring is 1. The Morgan fingerprint density at radius 1 is 1.14 bits per heavy atom. The molecule has 2 N–H and O–H groups in total. The SMILES string of the molecule is COc1cccc(N(C)S(=O)(=O)c2ccc(C)c(N)c2)c1. The van der Waals surface area contributed by atoms with Crippen LogP contribution in [0, 0.1) is 6.92 Å². The maximum Gasteiger partial charge on any atom is 0.264 e. The van der Waals surface area contributed by atoms with Gasteiger partial charge in [0.1, 0.15) is 5.75 Å². The van der Waals surface area contributed by atoms with Gasteiger partial charge in [-0.1, -0.05) is 12.1 Å². The molecule has 0 spiro atoms. The number of sulfonamides is 1. The van der Waals surface area contributed by atoms with Crippen molar-refractivity contribution in [2.45, 2.75) is 11.8 Å². The van der Waals surface area contributed by atoms with Crippen LogP contribution in [0.3, 0.4) is 0 Å². The van der Waals surface area contributed by atoms with Gasteiger partial charge in [0.15, 0.2) is 0 Å². The summed E-state index contributed by atoms with van der Waals surface area (Å²) in [4.78, 5) is 0.163. The minimum atomic E-state index is -3.66. The first-order valence-corrected chi connectivity index (χ1v) is 7.79. The lowest BCUT2D eigenvalue weighted by Gasteiger charge is -2.20. The number of hydrogen-bond acceptors (Lipinski definition) is 4. The molecule has 6 heteroatoms. The summed E-state index contributed by atoms with van der Waals surface area (Å²) in [7, 11) is -0.622. The highest BCUT2D eigenvalue weighted by molar-refractivity contribution is 7.92. The second kappa shape index (κ2) is 5.65. The van der Waals surface area contributed by atoms with E-state index in [0.29, 0.717) is 17.1 Å². The molecule has 0 saturated heterocycles. The van der Waals surface area contributed by atoms with Crippen LogP contribution in [-0.4, -0.2) is 22.6 Å². The summed E-state index contributed by atoms with van der Waals surface area (Å²) in [6.07, 6.45) is 0. The van der Waals surface area contributed by atoms with Crippen molar-refractivity contribution in [3.8, 4) is 5.75 Å². The van der Waals surface area contributed by atoms with E-state index in [-0.39, 0.29) is 4.90 Å². The van der Waals surface area contributed by atoms with Crippen molar-refractivity contribution in [3.63, 3.8) is 0 Å². The zero-order valence-electron chi connectivity index (χ0n) is 12.2. The Bertz CT molecular complexity index is 757. The highest BCUT2D eigenvalue weighted by atomic mass is 32.2. The molecule has 2 aromatic rings. The molecule has 0 amide bonds. The Hall–Kier alpha value is -2.21. The fourth-order valence-corrected chi connectivity index (χ4v) is 3.11. The van der Waals surface area contributed by atoms with Crippen LogP contribution < -0.4 is 14.8 Å². The topological polar surface area (TPSA) is 72.6 Å². The van der Waals surface area contributed by atoms with Crippen molar-refractivity contribution >= 4 is 21.4 Å². The normalized spacial score (nSPS) is 11.2. The van der Waals surface area contributed by atoms with E-state index in [0.717, 1.165) is 5.56 Å². The van der Waals surface area contributed by atoms with Gasteiger partial charge >= 0.3 is 0 Å². The molecule has 0 aliphatic heterocycles.